The second-order valence-electron chi connectivity index (χ2n) is 6.27. The molecule has 0 radical (unpaired) electrons. The molecule has 0 saturated carbocycles. The van der Waals surface area contributed by atoms with Crippen LogP contribution in [0, 0.1) is 0 Å². The summed E-state index contributed by atoms with van der Waals surface area (Å²) in [6, 6.07) is 8.45. The molecule has 0 unspecified atom stereocenters. The molecule has 0 amide bonds. The smallest absolute Gasteiger partial charge is 0.105 e. The normalized spacial score (nSPS) is 13.1. The zero-order chi connectivity index (χ0) is 16.4. The van der Waals surface area contributed by atoms with Gasteiger partial charge in [-0.3, -0.25) is 0 Å². The topological polar surface area (TPSA) is 9.23 Å². The lowest BCUT2D eigenvalue weighted by Crippen LogP contribution is -2.51. The van der Waals surface area contributed by atoms with Crippen LogP contribution in [0.1, 0.15) is 41.5 Å². The quantitative estimate of drug-likeness (QED) is 0.169. The summed E-state index contributed by atoms with van der Waals surface area (Å²) in [5.74, 6) is 0. The van der Waals surface area contributed by atoms with Gasteiger partial charge in [0.15, 0.2) is 0 Å². The molecule has 124 valence electrons. The van der Waals surface area contributed by atoms with Crippen molar-refractivity contribution in [3.63, 3.8) is 0 Å². The zero-order valence-corrected chi connectivity index (χ0v) is 17.4. The van der Waals surface area contributed by atoms with Gasteiger partial charge in [-0.25, -0.2) is 0 Å². The van der Waals surface area contributed by atoms with E-state index < -0.39 is 16.1 Å². The molecule has 0 aliphatic carbocycles. The highest BCUT2D eigenvalue weighted by Gasteiger charge is 2.46. The standard InChI is InChI=1S/C18H38OSi2/c1-8-16-19-17-15-18(20(9-2,10-3)11-4)21(12-5,13-6)14-7/h8,15,17-18H,1,9-14,16H2,2-7H3/b17-15-. The SMILES string of the molecule is C=CCO/C=C\C([Si](CC)(CC)CC)[Si](CC)(CC)CC. The fraction of sp³-hybridized carbons (Fsp3) is 0.778. The van der Waals surface area contributed by atoms with Crippen LogP contribution in [-0.2, 0) is 4.74 Å². The minimum atomic E-state index is -1.24. The number of allylic oxidation sites excluding steroid dienone is 1. The molecule has 0 rings (SSSR count). The van der Waals surface area contributed by atoms with Gasteiger partial charge in [0, 0.05) is 0 Å². The Labute approximate surface area is 135 Å². The first-order valence-electron chi connectivity index (χ1n) is 8.95. The Morgan fingerprint density at radius 1 is 0.810 bits per heavy atom. The first kappa shape index (κ1) is 20.7. The van der Waals surface area contributed by atoms with E-state index >= 15 is 0 Å². The molecule has 1 nitrogen and oxygen atoms in total. The number of rotatable bonds is 12. The fourth-order valence-corrected chi connectivity index (χ4v) is 19.6. The minimum absolute atomic E-state index is 0.626. The van der Waals surface area contributed by atoms with Crippen LogP contribution in [0.5, 0.6) is 0 Å². The van der Waals surface area contributed by atoms with E-state index in [1.54, 1.807) is 0 Å². The summed E-state index contributed by atoms with van der Waals surface area (Å²) in [6.45, 7) is 19.0. The molecule has 0 heterocycles. The largest absolute Gasteiger partial charge is 0.498 e. The van der Waals surface area contributed by atoms with Crippen LogP contribution < -0.4 is 0 Å². The van der Waals surface area contributed by atoms with E-state index in [1.165, 1.54) is 36.3 Å². The van der Waals surface area contributed by atoms with Crippen LogP contribution in [0.2, 0.25) is 41.4 Å². The molecule has 0 aliphatic heterocycles. The van der Waals surface area contributed by atoms with Crippen molar-refractivity contribution >= 4 is 16.1 Å². The van der Waals surface area contributed by atoms with Gasteiger partial charge in [0.05, 0.1) is 22.4 Å². The Morgan fingerprint density at radius 3 is 1.48 bits per heavy atom. The van der Waals surface area contributed by atoms with Crippen molar-refractivity contribution in [2.75, 3.05) is 6.61 Å². The first-order valence-corrected chi connectivity index (χ1v) is 14.3. The molecule has 21 heavy (non-hydrogen) atoms. The minimum Gasteiger partial charge on any atom is -0.498 e. The molecule has 0 spiro atoms. The van der Waals surface area contributed by atoms with Gasteiger partial charge in [0.1, 0.15) is 6.61 Å². The number of ether oxygens (including phenoxy) is 1. The molecule has 0 bridgehead atoms. The van der Waals surface area contributed by atoms with Crippen LogP contribution >= 0.6 is 0 Å². The van der Waals surface area contributed by atoms with Gasteiger partial charge in [-0.05, 0) is 5.16 Å². The summed E-state index contributed by atoms with van der Waals surface area (Å²) in [5, 5.41) is 0.856. The van der Waals surface area contributed by atoms with E-state index in [-0.39, 0.29) is 0 Å². The molecule has 0 aromatic heterocycles. The van der Waals surface area contributed by atoms with Crippen molar-refractivity contribution in [1.82, 2.24) is 0 Å². The van der Waals surface area contributed by atoms with E-state index in [1.807, 2.05) is 12.3 Å². The van der Waals surface area contributed by atoms with Gasteiger partial charge >= 0.3 is 0 Å². The average Bonchev–Trinajstić information content (AvgIpc) is 2.54. The molecule has 0 fully saturated rings. The summed E-state index contributed by atoms with van der Waals surface area (Å²) in [7, 11) is -2.47. The monoisotopic (exact) mass is 326 g/mol. The summed E-state index contributed by atoms with van der Waals surface area (Å²) < 4.78 is 5.62. The Kier molecular flexibility index (Phi) is 10.3. The van der Waals surface area contributed by atoms with Gasteiger partial charge in [-0.15, -0.1) is 0 Å². The van der Waals surface area contributed by atoms with E-state index in [4.69, 9.17) is 4.74 Å². The second-order valence-corrected chi connectivity index (χ2v) is 17.8. The molecule has 0 aliphatic rings. The van der Waals surface area contributed by atoms with E-state index in [0.717, 1.165) is 5.16 Å². The fourth-order valence-electron chi connectivity index (χ4n) is 4.13. The zero-order valence-electron chi connectivity index (χ0n) is 15.4. The van der Waals surface area contributed by atoms with Gasteiger partial charge in [0.2, 0.25) is 0 Å². The molecule has 3 heteroatoms. The van der Waals surface area contributed by atoms with E-state index in [0.29, 0.717) is 6.61 Å². The van der Waals surface area contributed by atoms with Crippen LogP contribution in [0.3, 0.4) is 0 Å². The summed E-state index contributed by atoms with van der Waals surface area (Å²) in [4.78, 5) is 0. The average molecular weight is 327 g/mol. The van der Waals surface area contributed by atoms with Gasteiger partial charge < -0.3 is 4.74 Å². The maximum Gasteiger partial charge on any atom is 0.105 e. The first-order chi connectivity index (χ1) is 10.1. The summed E-state index contributed by atoms with van der Waals surface area (Å²) in [6.07, 6.45) is 6.31. The van der Waals surface area contributed by atoms with Crippen molar-refractivity contribution < 1.29 is 4.74 Å². The van der Waals surface area contributed by atoms with Gasteiger partial charge in [-0.2, -0.15) is 0 Å². The molecule has 0 aromatic rings. The molecular formula is C18H38OSi2. The van der Waals surface area contributed by atoms with Crippen LogP contribution in [0.15, 0.2) is 25.0 Å². The maximum absolute atomic E-state index is 5.62. The molecule has 0 atom stereocenters. The number of hydrogen-bond acceptors (Lipinski definition) is 1. The van der Waals surface area contributed by atoms with Crippen molar-refractivity contribution in [3.05, 3.63) is 25.0 Å². The molecule has 0 saturated heterocycles. The van der Waals surface area contributed by atoms with Crippen molar-refractivity contribution in [2.24, 2.45) is 0 Å². The lowest BCUT2D eigenvalue weighted by molar-refractivity contribution is 0.289. The Hall–Kier alpha value is -0.286. The Morgan fingerprint density at radius 2 is 1.19 bits per heavy atom. The Bertz CT molecular complexity index is 268. The van der Waals surface area contributed by atoms with E-state index in [2.05, 4.69) is 54.2 Å². The maximum atomic E-state index is 5.62. The van der Waals surface area contributed by atoms with Crippen molar-refractivity contribution in [2.45, 2.75) is 83.0 Å². The lowest BCUT2D eigenvalue weighted by atomic mass is 10.7. The third kappa shape index (κ3) is 4.85. The highest BCUT2D eigenvalue weighted by atomic mass is 28.4. The van der Waals surface area contributed by atoms with Crippen LogP contribution in [-0.4, -0.2) is 22.8 Å². The van der Waals surface area contributed by atoms with Crippen LogP contribution in [0.4, 0.5) is 0 Å². The summed E-state index contributed by atoms with van der Waals surface area (Å²) in [5.41, 5.74) is 0. The van der Waals surface area contributed by atoms with Crippen molar-refractivity contribution in [3.8, 4) is 0 Å². The highest BCUT2D eigenvalue weighted by Crippen LogP contribution is 2.45. The third-order valence-corrected chi connectivity index (χ3v) is 21.3. The van der Waals surface area contributed by atoms with Crippen LogP contribution in [0.25, 0.3) is 0 Å². The van der Waals surface area contributed by atoms with Gasteiger partial charge in [-0.1, -0.05) is 96.5 Å². The summed E-state index contributed by atoms with van der Waals surface area (Å²) >= 11 is 0. The molecular weight excluding hydrogens is 288 g/mol. The van der Waals surface area contributed by atoms with Gasteiger partial charge in [0.25, 0.3) is 0 Å². The Balaban J connectivity index is 5.63. The second kappa shape index (κ2) is 10.4. The predicted molar refractivity (Wildman–Crippen MR) is 103 cm³/mol. The van der Waals surface area contributed by atoms with Crippen molar-refractivity contribution in [1.29, 1.82) is 0 Å². The molecule has 0 aromatic carbocycles. The third-order valence-electron chi connectivity index (χ3n) is 6.13. The highest BCUT2D eigenvalue weighted by molar-refractivity contribution is 7.00. The predicted octanol–water partition coefficient (Wildman–Crippen LogP) is 6.63. The molecule has 0 N–H and O–H groups in total. The lowest BCUT2D eigenvalue weighted by Gasteiger charge is -2.46. The number of hydrogen-bond donors (Lipinski definition) is 0. The van der Waals surface area contributed by atoms with E-state index in [9.17, 15) is 0 Å².